The molecule has 1 saturated heterocycles. The first-order chi connectivity index (χ1) is 16.5. The Labute approximate surface area is 209 Å². The normalized spacial score (nSPS) is 16.3. The third-order valence-corrected chi connectivity index (χ3v) is 8.04. The highest BCUT2D eigenvalue weighted by Crippen LogP contribution is 2.25. The van der Waals surface area contributed by atoms with Gasteiger partial charge in [-0.1, -0.05) is 31.5 Å². The number of aryl methyl sites for hydroxylation is 3. The summed E-state index contributed by atoms with van der Waals surface area (Å²) in [4.78, 5) is 27.6. The van der Waals surface area contributed by atoms with Crippen LogP contribution in [0.1, 0.15) is 60.2 Å². The summed E-state index contributed by atoms with van der Waals surface area (Å²) in [5.41, 5.74) is 3.25. The zero-order valence-corrected chi connectivity index (χ0v) is 22.2. The number of carbonyl (C=O) groups is 2. The van der Waals surface area contributed by atoms with Gasteiger partial charge in [0.05, 0.1) is 10.8 Å². The lowest BCUT2D eigenvalue weighted by molar-refractivity contribution is -0.126. The van der Waals surface area contributed by atoms with Crippen LogP contribution in [0.15, 0.2) is 41.3 Å². The molecule has 1 aliphatic rings. The van der Waals surface area contributed by atoms with Crippen LogP contribution in [0.4, 0.5) is 5.69 Å². The number of nitrogens with zero attached hydrogens (tertiary/aromatic N) is 1. The fraction of sp³-hybridized carbons (Fsp3) is 0.481. The third-order valence-electron chi connectivity index (χ3n) is 6.36. The fourth-order valence-corrected chi connectivity index (χ4v) is 6.18. The SMILES string of the molecule is Cc1cc(C)c(S(=O)(=O)Nc2ccc(C(=O)N3CCC[C@@H](C(=O)NCCC(C)C)C3)cc2)c(C)c1. The number of sulfonamides is 1. The predicted octanol–water partition coefficient (Wildman–Crippen LogP) is 4.43. The van der Waals surface area contributed by atoms with Crippen LogP contribution in [0, 0.1) is 32.6 Å². The number of nitrogens with one attached hydrogen (secondary N) is 2. The third kappa shape index (κ3) is 6.84. The lowest BCUT2D eigenvalue weighted by atomic mass is 9.96. The smallest absolute Gasteiger partial charge is 0.262 e. The van der Waals surface area contributed by atoms with Crippen LogP contribution in [0.2, 0.25) is 0 Å². The van der Waals surface area contributed by atoms with Crippen LogP contribution < -0.4 is 10.0 Å². The molecular weight excluding hydrogens is 462 g/mol. The molecule has 1 aliphatic heterocycles. The Morgan fingerprint density at radius 1 is 1.06 bits per heavy atom. The number of likely N-dealkylation sites (tertiary alicyclic amines) is 1. The molecule has 1 heterocycles. The van der Waals surface area contributed by atoms with Crippen molar-refractivity contribution in [2.24, 2.45) is 11.8 Å². The first kappa shape index (κ1) is 26.7. The van der Waals surface area contributed by atoms with Crippen LogP contribution in [0.25, 0.3) is 0 Å². The first-order valence-electron chi connectivity index (χ1n) is 12.3. The summed E-state index contributed by atoms with van der Waals surface area (Å²) in [6.45, 7) is 11.4. The summed E-state index contributed by atoms with van der Waals surface area (Å²) in [6.07, 6.45) is 2.48. The predicted molar refractivity (Wildman–Crippen MR) is 139 cm³/mol. The molecule has 2 amide bonds. The largest absolute Gasteiger partial charge is 0.356 e. The van der Waals surface area contributed by atoms with E-state index in [0.717, 1.165) is 24.8 Å². The van der Waals surface area contributed by atoms with Gasteiger partial charge in [0.15, 0.2) is 0 Å². The van der Waals surface area contributed by atoms with Gasteiger partial charge in [0, 0.05) is 30.9 Å². The van der Waals surface area contributed by atoms with Crippen molar-refractivity contribution in [3.05, 3.63) is 58.7 Å². The standard InChI is InChI=1S/C27H37N3O4S/c1-18(2)12-13-28-26(31)23-7-6-14-30(17-23)27(32)22-8-10-24(11-9-22)29-35(33,34)25-20(4)15-19(3)16-21(25)5/h8-11,15-16,18,23,29H,6-7,12-14,17H2,1-5H3,(H,28,31)/t23-/m1/s1. The second kappa shape index (κ2) is 11.2. The minimum Gasteiger partial charge on any atom is -0.356 e. The van der Waals surface area contributed by atoms with Crippen LogP contribution in [0.3, 0.4) is 0 Å². The number of anilines is 1. The number of piperidine rings is 1. The van der Waals surface area contributed by atoms with Crippen molar-refractivity contribution < 1.29 is 18.0 Å². The van der Waals surface area contributed by atoms with Gasteiger partial charge in [-0.05, 0) is 81.3 Å². The molecular formula is C27H37N3O4S. The summed E-state index contributed by atoms with van der Waals surface area (Å²) in [6, 6.07) is 10.1. The van der Waals surface area contributed by atoms with E-state index < -0.39 is 10.0 Å². The van der Waals surface area contributed by atoms with E-state index in [1.807, 2.05) is 19.1 Å². The number of carbonyl (C=O) groups excluding carboxylic acids is 2. The second-order valence-corrected chi connectivity index (χ2v) is 11.6. The van der Waals surface area contributed by atoms with E-state index in [-0.39, 0.29) is 22.6 Å². The number of benzene rings is 2. The van der Waals surface area contributed by atoms with Gasteiger partial charge in [0.1, 0.15) is 0 Å². The van der Waals surface area contributed by atoms with Gasteiger partial charge in [-0.2, -0.15) is 0 Å². The summed E-state index contributed by atoms with van der Waals surface area (Å²) in [5, 5.41) is 2.99. The minimum absolute atomic E-state index is 0.00889. The van der Waals surface area contributed by atoms with E-state index in [2.05, 4.69) is 23.9 Å². The quantitative estimate of drug-likeness (QED) is 0.562. The maximum absolute atomic E-state index is 13.1. The Morgan fingerprint density at radius 3 is 2.29 bits per heavy atom. The summed E-state index contributed by atoms with van der Waals surface area (Å²) in [5.74, 6) is 0.183. The van der Waals surface area contributed by atoms with E-state index >= 15 is 0 Å². The molecule has 0 unspecified atom stereocenters. The second-order valence-electron chi connectivity index (χ2n) is 9.97. The van der Waals surface area contributed by atoms with E-state index in [1.165, 1.54) is 0 Å². The molecule has 2 aromatic rings. The Hall–Kier alpha value is -2.87. The molecule has 1 fully saturated rings. The summed E-state index contributed by atoms with van der Waals surface area (Å²) in [7, 11) is -3.76. The van der Waals surface area contributed by atoms with Crippen molar-refractivity contribution in [3.8, 4) is 0 Å². The van der Waals surface area contributed by atoms with Crippen molar-refractivity contribution in [3.63, 3.8) is 0 Å². The molecule has 2 N–H and O–H groups in total. The molecule has 0 bridgehead atoms. The van der Waals surface area contributed by atoms with Crippen molar-refractivity contribution in [1.29, 1.82) is 0 Å². The highest BCUT2D eigenvalue weighted by Gasteiger charge is 2.29. The molecule has 0 spiro atoms. The van der Waals surface area contributed by atoms with Crippen molar-refractivity contribution in [2.45, 2.75) is 58.8 Å². The summed E-state index contributed by atoms with van der Waals surface area (Å²) < 4.78 is 28.6. The number of rotatable bonds is 8. The monoisotopic (exact) mass is 499 g/mol. The van der Waals surface area contributed by atoms with Crippen molar-refractivity contribution >= 4 is 27.5 Å². The number of hydrogen-bond acceptors (Lipinski definition) is 4. The Balaban J connectivity index is 1.65. The van der Waals surface area contributed by atoms with Gasteiger partial charge in [0.2, 0.25) is 5.91 Å². The van der Waals surface area contributed by atoms with Gasteiger partial charge in [-0.15, -0.1) is 0 Å². The molecule has 2 aromatic carbocycles. The molecule has 0 aromatic heterocycles. The summed E-state index contributed by atoms with van der Waals surface area (Å²) >= 11 is 0. The molecule has 190 valence electrons. The molecule has 7 nitrogen and oxygen atoms in total. The average molecular weight is 500 g/mol. The van der Waals surface area contributed by atoms with Crippen molar-refractivity contribution in [1.82, 2.24) is 10.2 Å². The minimum atomic E-state index is -3.76. The maximum atomic E-state index is 13.1. The van der Waals surface area contributed by atoms with E-state index in [9.17, 15) is 18.0 Å². The van der Waals surface area contributed by atoms with E-state index in [1.54, 1.807) is 43.0 Å². The Kier molecular flexibility index (Phi) is 8.59. The van der Waals surface area contributed by atoms with Gasteiger partial charge in [-0.25, -0.2) is 8.42 Å². The van der Waals surface area contributed by atoms with Crippen LogP contribution >= 0.6 is 0 Å². The molecule has 0 aliphatic carbocycles. The average Bonchev–Trinajstić information content (AvgIpc) is 2.77. The lowest BCUT2D eigenvalue weighted by Gasteiger charge is -2.32. The van der Waals surface area contributed by atoms with E-state index in [4.69, 9.17) is 0 Å². The fourth-order valence-electron chi connectivity index (χ4n) is 4.66. The molecule has 8 heteroatoms. The number of amides is 2. The molecule has 0 saturated carbocycles. The number of hydrogen-bond donors (Lipinski definition) is 2. The van der Waals surface area contributed by atoms with Gasteiger partial charge in [0.25, 0.3) is 15.9 Å². The van der Waals surface area contributed by atoms with Gasteiger partial charge < -0.3 is 10.2 Å². The van der Waals surface area contributed by atoms with Crippen molar-refractivity contribution in [2.75, 3.05) is 24.4 Å². The highest BCUT2D eigenvalue weighted by molar-refractivity contribution is 7.92. The van der Waals surface area contributed by atoms with Crippen LogP contribution in [-0.2, 0) is 14.8 Å². The topological polar surface area (TPSA) is 95.6 Å². The molecule has 0 radical (unpaired) electrons. The van der Waals surface area contributed by atoms with Crippen LogP contribution in [-0.4, -0.2) is 44.8 Å². The highest BCUT2D eigenvalue weighted by atomic mass is 32.2. The maximum Gasteiger partial charge on any atom is 0.262 e. The first-order valence-corrected chi connectivity index (χ1v) is 13.7. The molecule has 3 rings (SSSR count). The lowest BCUT2D eigenvalue weighted by Crippen LogP contribution is -2.45. The Bertz CT molecular complexity index is 1150. The van der Waals surface area contributed by atoms with E-state index in [0.29, 0.717) is 47.9 Å². The zero-order valence-electron chi connectivity index (χ0n) is 21.3. The zero-order chi connectivity index (χ0) is 25.8. The molecule has 1 atom stereocenters. The van der Waals surface area contributed by atoms with Crippen LogP contribution in [0.5, 0.6) is 0 Å². The Morgan fingerprint density at radius 2 is 1.69 bits per heavy atom. The molecule has 35 heavy (non-hydrogen) atoms. The van der Waals surface area contributed by atoms with Gasteiger partial charge in [-0.3, -0.25) is 14.3 Å². The van der Waals surface area contributed by atoms with Gasteiger partial charge >= 0.3 is 0 Å².